The SMILES string of the molecule is CCCNC1CCCCC1N1CCC(C)C(C)C1. The molecule has 106 valence electrons. The molecule has 2 nitrogen and oxygen atoms in total. The largest absolute Gasteiger partial charge is 0.312 e. The molecule has 1 aliphatic heterocycles. The van der Waals surface area contributed by atoms with Crippen LogP contribution in [-0.2, 0) is 0 Å². The van der Waals surface area contributed by atoms with Crippen molar-refractivity contribution in [1.29, 1.82) is 0 Å². The van der Waals surface area contributed by atoms with Crippen molar-refractivity contribution in [3.63, 3.8) is 0 Å². The molecule has 2 aliphatic rings. The lowest BCUT2D eigenvalue weighted by molar-refractivity contribution is 0.0579. The smallest absolute Gasteiger partial charge is 0.0249 e. The lowest BCUT2D eigenvalue weighted by atomic mass is 9.83. The Hall–Kier alpha value is -0.0800. The van der Waals surface area contributed by atoms with Gasteiger partial charge in [-0.2, -0.15) is 0 Å². The molecular weight excluding hydrogens is 220 g/mol. The number of nitrogens with one attached hydrogen (secondary N) is 1. The van der Waals surface area contributed by atoms with E-state index in [0.29, 0.717) is 0 Å². The van der Waals surface area contributed by atoms with E-state index in [1.807, 2.05) is 0 Å². The van der Waals surface area contributed by atoms with E-state index in [0.717, 1.165) is 23.9 Å². The number of likely N-dealkylation sites (tertiary alicyclic amines) is 1. The van der Waals surface area contributed by atoms with Crippen molar-refractivity contribution in [2.45, 2.75) is 71.4 Å². The highest BCUT2D eigenvalue weighted by molar-refractivity contribution is 4.90. The molecule has 4 atom stereocenters. The van der Waals surface area contributed by atoms with Crippen molar-refractivity contribution in [2.75, 3.05) is 19.6 Å². The van der Waals surface area contributed by atoms with E-state index in [2.05, 4.69) is 31.0 Å². The van der Waals surface area contributed by atoms with Crippen LogP contribution < -0.4 is 5.32 Å². The quantitative estimate of drug-likeness (QED) is 0.826. The first-order valence-corrected chi connectivity index (χ1v) is 8.19. The van der Waals surface area contributed by atoms with Gasteiger partial charge in [0.1, 0.15) is 0 Å². The molecule has 2 rings (SSSR count). The summed E-state index contributed by atoms with van der Waals surface area (Å²) in [6.07, 6.45) is 8.34. The summed E-state index contributed by atoms with van der Waals surface area (Å²) in [4.78, 5) is 2.80. The van der Waals surface area contributed by atoms with Crippen LogP contribution in [0.1, 0.15) is 59.3 Å². The Labute approximate surface area is 114 Å². The van der Waals surface area contributed by atoms with Crippen molar-refractivity contribution in [2.24, 2.45) is 11.8 Å². The van der Waals surface area contributed by atoms with Gasteiger partial charge in [-0.15, -0.1) is 0 Å². The van der Waals surface area contributed by atoms with Gasteiger partial charge in [-0.3, -0.25) is 4.90 Å². The van der Waals surface area contributed by atoms with Crippen molar-refractivity contribution < 1.29 is 0 Å². The zero-order chi connectivity index (χ0) is 13.0. The Morgan fingerprint density at radius 2 is 1.83 bits per heavy atom. The van der Waals surface area contributed by atoms with Gasteiger partial charge in [0.05, 0.1) is 0 Å². The standard InChI is InChI=1S/C16H32N2/c1-4-10-17-15-7-5-6-8-16(15)18-11-9-13(2)14(3)12-18/h13-17H,4-12H2,1-3H3. The third kappa shape index (κ3) is 3.48. The first-order valence-electron chi connectivity index (χ1n) is 8.19. The summed E-state index contributed by atoms with van der Waals surface area (Å²) >= 11 is 0. The van der Waals surface area contributed by atoms with Crippen LogP contribution >= 0.6 is 0 Å². The van der Waals surface area contributed by atoms with Crippen LogP contribution in [0.5, 0.6) is 0 Å². The van der Waals surface area contributed by atoms with Crippen molar-refractivity contribution in [3.8, 4) is 0 Å². The molecule has 1 N–H and O–H groups in total. The normalized spacial score (nSPS) is 38.8. The molecular formula is C16H32N2. The van der Waals surface area contributed by atoms with Crippen LogP contribution in [-0.4, -0.2) is 36.6 Å². The summed E-state index contributed by atoms with van der Waals surface area (Å²) in [5, 5.41) is 3.80. The van der Waals surface area contributed by atoms with Gasteiger partial charge in [0, 0.05) is 18.6 Å². The number of nitrogens with zero attached hydrogens (tertiary/aromatic N) is 1. The number of piperidine rings is 1. The summed E-state index contributed by atoms with van der Waals surface area (Å²) in [6.45, 7) is 11.0. The highest BCUT2D eigenvalue weighted by Crippen LogP contribution is 2.29. The third-order valence-electron chi connectivity index (χ3n) is 5.22. The molecule has 0 aromatic heterocycles. The fourth-order valence-corrected chi connectivity index (χ4v) is 3.71. The second-order valence-corrected chi connectivity index (χ2v) is 6.65. The number of hydrogen-bond acceptors (Lipinski definition) is 2. The minimum atomic E-state index is 0.763. The maximum Gasteiger partial charge on any atom is 0.0249 e. The highest BCUT2D eigenvalue weighted by atomic mass is 15.2. The Bertz CT molecular complexity index is 241. The van der Waals surface area contributed by atoms with Crippen LogP contribution in [0.2, 0.25) is 0 Å². The van der Waals surface area contributed by atoms with Crippen LogP contribution in [0.15, 0.2) is 0 Å². The molecule has 4 unspecified atom stereocenters. The Morgan fingerprint density at radius 1 is 1.06 bits per heavy atom. The Morgan fingerprint density at radius 3 is 2.56 bits per heavy atom. The zero-order valence-corrected chi connectivity index (χ0v) is 12.6. The van der Waals surface area contributed by atoms with Gasteiger partial charge in [-0.05, 0) is 50.6 Å². The molecule has 1 saturated heterocycles. The predicted octanol–water partition coefficient (Wildman–Crippen LogP) is 3.28. The molecule has 1 saturated carbocycles. The molecule has 0 amide bonds. The Balaban J connectivity index is 1.91. The molecule has 18 heavy (non-hydrogen) atoms. The third-order valence-corrected chi connectivity index (χ3v) is 5.22. The van der Waals surface area contributed by atoms with Gasteiger partial charge >= 0.3 is 0 Å². The average molecular weight is 252 g/mol. The topological polar surface area (TPSA) is 15.3 Å². The molecule has 2 heteroatoms. The zero-order valence-electron chi connectivity index (χ0n) is 12.6. The minimum absolute atomic E-state index is 0.763. The van der Waals surface area contributed by atoms with Crippen LogP contribution in [0, 0.1) is 11.8 Å². The second kappa shape index (κ2) is 6.91. The lowest BCUT2D eigenvalue weighted by Gasteiger charge is -2.45. The Kier molecular flexibility index (Phi) is 5.50. The van der Waals surface area contributed by atoms with Gasteiger partial charge in [-0.25, -0.2) is 0 Å². The van der Waals surface area contributed by atoms with E-state index >= 15 is 0 Å². The van der Waals surface area contributed by atoms with Gasteiger partial charge < -0.3 is 5.32 Å². The fourth-order valence-electron chi connectivity index (χ4n) is 3.71. The lowest BCUT2D eigenvalue weighted by Crippen LogP contribution is -2.55. The molecule has 0 aromatic rings. The van der Waals surface area contributed by atoms with Gasteiger partial charge in [0.25, 0.3) is 0 Å². The molecule has 2 fully saturated rings. The van der Waals surface area contributed by atoms with Gasteiger partial charge in [-0.1, -0.05) is 33.6 Å². The van der Waals surface area contributed by atoms with Crippen molar-refractivity contribution >= 4 is 0 Å². The summed E-state index contributed by atoms with van der Waals surface area (Å²) in [5.74, 6) is 1.80. The maximum absolute atomic E-state index is 3.80. The first-order chi connectivity index (χ1) is 8.72. The van der Waals surface area contributed by atoms with E-state index in [9.17, 15) is 0 Å². The molecule has 0 radical (unpaired) electrons. The van der Waals surface area contributed by atoms with Crippen LogP contribution in [0.3, 0.4) is 0 Å². The van der Waals surface area contributed by atoms with E-state index < -0.39 is 0 Å². The molecule has 1 heterocycles. The van der Waals surface area contributed by atoms with Gasteiger partial charge in [0.2, 0.25) is 0 Å². The number of rotatable bonds is 4. The maximum atomic E-state index is 3.80. The molecule has 0 aromatic carbocycles. The summed E-state index contributed by atoms with van der Waals surface area (Å²) in [7, 11) is 0. The molecule has 0 bridgehead atoms. The van der Waals surface area contributed by atoms with E-state index in [1.165, 1.54) is 58.2 Å². The van der Waals surface area contributed by atoms with Crippen molar-refractivity contribution in [1.82, 2.24) is 10.2 Å². The van der Waals surface area contributed by atoms with Crippen molar-refractivity contribution in [3.05, 3.63) is 0 Å². The second-order valence-electron chi connectivity index (χ2n) is 6.65. The average Bonchev–Trinajstić information content (AvgIpc) is 2.40. The summed E-state index contributed by atoms with van der Waals surface area (Å²) in [6, 6.07) is 1.58. The highest BCUT2D eigenvalue weighted by Gasteiger charge is 2.33. The van der Waals surface area contributed by atoms with Gasteiger partial charge in [0.15, 0.2) is 0 Å². The van der Waals surface area contributed by atoms with E-state index in [-0.39, 0.29) is 0 Å². The minimum Gasteiger partial charge on any atom is -0.312 e. The first kappa shape index (κ1) is 14.3. The molecule has 0 spiro atoms. The number of hydrogen-bond donors (Lipinski definition) is 1. The van der Waals surface area contributed by atoms with Crippen LogP contribution in [0.25, 0.3) is 0 Å². The molecule has 1 aliphatic carbocycles. The van der Waals surface area contributed by atoms with Crippen LogP contribution in [0.4, 0.5) is 0 Å². The summed E-state index contributed by atoms with van der Waals surface area (Å²) < 4.78 is 0. The summed E-state index contributed by atoms with van der Waals surface area (Å²) in [5.41, 5.74) is 0. The predicted molar refractivity (Wildman–Crippen MR) is 78.9 cm³/mol. The fraction of sp³-hybridized carbons (Fsp3) is 1.00. The van der Waals surface area contributed by atoms with E-state index in [1.54, 1.807) is 0 Å². The van der Waals surface area contributed by atoms with E-state index in [4.69, 9.17) is 0 Å². The monoisotopic (exact) mass is 252 g/mol.